The van der Waals surface area contributed by atoms with Crippen molar-refractivity contribution in [2.75, 3.05) is 5.32 Å². The topological polar surface area (TPSA) is 71.3 Å². The van der Waals surface area contributed by atoms with Gasteiger partial charge in [-0.3, -0.25) is 9.59 Å². The van der Waals surface area contributed by atoms with Gasteiger partial charge in [0, 0.05) is 51.9 Å². The third kappa shape index (κ3) is 8.27. The summed E-state index contributed by atoms with van der Waals surface area (Å²) in [6.07, 6.45) is 4.42. The Bertz CT molecular complexity index is 1750. The van der Waals surface area contributed by atoms with Crippen LogP contribution in [0.5, 0.6) is 0 Å². The van der Waals surface area contributed by atoms with Gasteiger partial charge in [0.25, 0.3) is 0 Å². The molecule has 6 heteroatoms. The van der Waals surface area contributed by atoms with Crippen LogP contribution >= 0.6 is 11.6 Å². The summed E-state index contributed by atoms with van der Waals surface area (Å²) in [4.78, 5) is 25.1. The first kappa shape index (κ1) is 33.0. The summed E-state index contributed by atoms with van der Waals surface area (Å²) in [5.74, 6) is 0.226. The minimum atomic E-state index is -0.837. The van der Waals surface area contributed by atoms with Gasteiger partial charge in [0.05, 0.1) is 6.04 Å². The maximum absolute atomic E-state index is 14.0. The molecule has 1 heterocycles. The molecule has 5 aromatic rings. The summed E-state index contributed by atoms with van der Waals surface area (Å²) in [7, 11) is 0. The smallest absolute Gasteiger partial charge is 0.303 e. The highest BCUT2D eigenvalue weighted by molar-refractivity contribution is 6.31. The molecule has 0 aliphatic heterocycles. The Balaban J connectivity index is 1.46. The summed E-state index contributed by atoms with van der Waals surface area (Å²) in [5, 5.41) is 14.2. The Morgan fingerprint density at radius 1 is 0.804 bits per heavy atom. The number of rotatable bonds is 14. The molecule has 0 fully saturated rings. The van der Waals surface area contributed by atoms with E-state index in [1.165, 1.54) is 11.1 Å². The molecule has 0 unspecified atom stereocenters. The van der Waals surface area contributed by atoms with Crippen LogP contribution in [0.3, 0.4) is 0 Å². The summed E-state index contributed by atoms with van der Waals surface area (Å²) in [6.45, 7) is 9.43. The normalized spacial score (nSPS) is 11.6. The first-order valence-electron chi connectivity index (χ1n) is 16.2. The second kappa shape index (κ2) is 14.8. The van der Waals surface area contributed by atoms with Gasteiger partial charge in [0.2, 0.25) is 0 Å². The van der Waals surface area contributed by atoms with E-state index in [-0.39, 0.29) is 18.2 Å². The van der Waals surface area contributed by atoms with Crippen LogP contribution in [0.2, 0.25) is 5.02 Å². The number of benzene rings is 4. The van der Waals surface area contributed by atoms with Crippen molar-refractivity contribution in [3.05, 3.63) is 136 Å². The Hall–Kier alpha value is -4.35. The summed E-state index contributed by atoms with van der Waals surface area (Å²) in [5.41, 5.74) is 7.75. The van der Waals surface area contributed by atoms with Crippen LogP contribution in [0.15, 0.2) is 97.2 Å². The van der Waals surface area contributed by atoms with Crippen LogP contribution < -0.4 is 5.32 Å². The molecule has 46 heavy (non-hydrogen) atoms. The highest BCUT2D eigenvalue weighted by Crippen LogP contribution is 2.31. The van der Waals surface area contributed by atoms with Gasteiger partial charge in [-0.1, -0.05) is 100.0 Å². The van der Waals surface area contributed by atoms with Crippen molar-refractivity contribution in [1.82, 2.24) is 4.57 Å². The standard InChI is InChI=1S/C40H43ClN2O3/c1-26(2)21-28-10-14-30(15-11-28)39(31-16-12-29(13-17-31)22-27(3)4)42-34-8-5-7-32(23-34)40(46)36-25-43(20-6-9-38(44)45)37-19-18-33(41)24-35(36)37/h5,7-8,10-19,23-27,39,42H,6,9,20-22H2,1-4H3,(H,44,45). The molecule has 0 atom stereocenters. The van der Waals surface area contributed by atoms with E-state index < -0.39 is 5.97 Å². The number of halogens is 1. The van der Waals surface area contributed by atoms with Crippen LogP contribution in [-0.4, -0.2) is 21.4 Å². The van der Waals surface area contributed by atoms with Gasteiger partial charge < -0.3 is 15.0 Å². The van der Waals surface area contributed by atoms with Gasteiger partial charge in [-0.2, -0.15) is 0 Å². The second-order valence-electron chi connectivity index (χ2n) is 13.1. The number of fused-ring (bicyclic) bond motifs is 1. The van der Waals surface area contributed by atoms with E-state index in [0.717, 1.165) is 40.6 Å². The zero-order chi connectivity index (χ0) is 32.8. The Morgan fingerprint density at radius 2 is 1.41 bits per heavy atom. The monoisotopic (exact) mass is 634 g/mol. The van der Waals surface area contributed by atoms with Gasteiger partial charge in [-0.25, -0.2) is 0 Å². The number of aromatic nitrogens is 1. The molecule has 0 aliphatic rings. The van der Waals surface area contributed by atoms with E-state index in [9.17, 15) is 9.59 Å². The molecular formula is C40H43ClN2O3. The number of carboxylic acids is 1. The lowest BCUT2D eigenvalue weighted by Gasteiger charge is -2.22. The molecule has 0 saturated carbocycles. The number of hydrogen-bond acceptors (Lipinski definition) is 3. The third-order valence-electron chi connectivity index (χ3n) is 8.23. The van der Waals surface area contributed by atoms with Crippen molar-refractivity contribution in [1.29, 1.82) is 0 Å². The molecule has 4 aromatic carbocycles. The van der Waals surface area contributed by atoms with Gasteiger partial charge in [-0.15, -0.1) is 0 Å². The number of aryl methyl sites for hydroxylation is 1. The van der Waals surface area contributed by atoms with Crippen molar-refractivity contribution < 1.29 is 14.7 Å². The van der Waals surface area contributed by atoms with Gasteiger partial charge in [0.15, 0.2) is 5.78 Å². The quantitative estimate of drug-likeness (QED) is 0.119. The predicted octanol–water partition coefficient (Wildman–Crippen LogP) is 9.99. The fourth-order valence-corrected chi connectivity index (χ4v) is 6.27. The number of nitrogens with zero attached hydrogens (tertiary/aromatic N) is 1. The largest absolute Gasteiger partial charge is 0.481 e. The zero-order valence-corrected chi connectivity index (χ0v) is 27.9. The molecule has 238 valence electrons. The lowest BCUT2D eigenvalue weighted by molar-refractivity contribution is -0.137. The summed E-state index contributed by atoms with van der Waals surface area (Å²) >= 11 is 6.36. The number of aliphatic carboxylic acids is 1. The van der Waals surface area contributed by atoms with Crippen LogP contribution in [0.4, 0.5) is 5.69 Å². The minimum absolute atomic E-state index is 0.0618. The molecular weight excluding hydrogens is 592 g/mol. The number of carbonyl (C=O) groups excluding carboxylic acids is 1. The average Bonchev–Trinajstić information content (AvgIpc) is 3.37. The van der Waals surface area contributed by atoms with Crippen molar-refractivity contribution in [2.45, 2.75) is 66.0 Å². The number of ketones is 1. The average molecular weight is 635 g/mol. The zero-order valence-electron chi connectivity index (χ0n) is 27.1. The molecule has 0 spiro atoms. The van der Waals surface area contributed by atoms with Crippen molar-refractivity contribution in [2.24, 2.45) is 11.8 Å². The van der Waals surface area contributed by atoms with E-state index in [4.69, 9.17) is 16.7 Å². The SMILES string of the molecule is CC(C)Cc1ccc(C(Nc2cccc(C(=O)c3cn(CCCC(=O)O)c4ccc(Cl)cc34)c2)c2ccc(CC(C)C)cc2)cc1. The number of carboxylic acid groups (broad SMARTS) is 1. The van der Waals surface area contributed by atoms with Crippen molar-refractivity contribution >= 4 is 39.9 Å². The van der Waals surface area contributed by atoms with E-state index >= 15 is 0 Å². The highest BCUT2D eigenvalue weighted by Gasteiger charge is 2.20. The van der Waals surface area contributed by atoms with Crippen molar-refractivity contribution in [3.63, 3.8) is 0 Å². The molecule has 0 bridgehead atoms. The third-order valence-corrected chi connectivity index (χ3v) is 8.46. The number of hydrogen-bond donors (Lipinski definition) is 2. The van der Waals surface area contributed by atoms with Crippen molar-refractivity contribution in [3.8, 4) is 0 Å². The molecule has 0 radical (unpaired) electrons. The molecule has 5 rings (SSSR count). The fourth-order valence-electron chi connectivity index (χ4n) is 6.10. The molecule has 1 aromatic heterocycles. The van der Waals surface area contributed by atoms with E-state index in [2.05, 4.69) is 81.5 Å². The van der Waals surface area contributed by atoms with E-state index in [1.807, 2.05) is 47.2 Å². The number of anilines is 1. The summed E-state index contributed by atoms with van der Waals surface area (Å²) < 4.78 is 1.95. The fraction of sp³-hybridized carbons (Fsp3) is 0.300. The molecule has 5 nitrogen and oxygen atoms in total. The van der Waals surface area contributed by atoms with Crippen LogP contribution in [-0.2, 0) is 24.2 Å². The van der Waals surface area contributed by atoms with Gasteiger partial charge in [0.1, 0.15) is 0 Å². The summed E-state index contributed by atoms with van der Waals surface area (Å²) in [6, 6.07) is 30.7. The van der Waals surface area contributed by atoms with Gasteiger partial charge >= 0.3 is 5.97 Å². The highest BCUT2D eigenvalue weighted by atomic mass is 35.5. The Morgan fingerprint density at radius 3 is 1.98 bits per heavy atom. The first-order chi connectivity index (χ1) is 22.1. The molecule has 0 amide bonds. The maximum atomic E-state index is 14.0. The second-order valence-corrected chi connectivity index (χ2v) is 13.5. The number of carbonyl (C=O) groups is 2. The van der Waals surface area contributed by atoms with Gasteiger partial charge in [-0.05, 0) is 83.7 Å². The first-order valence-corrected chi connectivity index (χ1v) is 16.5. The molecule has 0 aliphatic carbocycles. The Labute approximate surface area is 277 Å². The Kier molecular flexibility index (Phi) is 10.6. The van der Waals surface area contributed by atoms with Crippen LogP contribution in [0.1, 0.15) is 84.8 Å². The lowest BCUT2D eigenvalue weighted by Crippen LogP contribution is -2.13. The number of nitrogens with one attached hydrogen (secondary N) is 1. The minimum Gasteiger partial charge on any atom is -0.481 e. The maximum Gasteiger partial charge on any atom is 0.303 e. The predicted molar refractivity (Wildman–Crippen MR) is 189 cm³/mol. The lowest BCUT2D eigenvalue weighted by atomic mass is 9.93. The van der Waals surface area contributed by atoms with E-state index in [0.29, 0.717) is 41.0 Å². The van der Waals surface area contributed by atoms with Crippen LogP contribution in [0.25, 0.3) is 10.9 Å². The molecule has 2 N–H and O–H groups in total. The van der Waals surface area contributed by atoms with E-state index in [1.54, 1.807) is 6.07 Å². The molecule has 0 saturated heterocycles. The van der Waals surface area contributed by atoms with Crippen LogP contribution in [0, 0.1) is 11.8 Å².